The largest absolute Gasteiger partial charge is 0.469 e. The fraction of sp³-hybridized carbons (Fsp3) is 0.417. The zero-order chi connectivity index (χ0) is 11.7. The molecule has 0 spiro atoms. The van der Waals surface area contributed by atoms with Crippen molar-refractivity contribution in [1.82, 2.24) is 0 Å². The van der Waals surface area contributed by atoms with Gasteiger partial charge < -0.3 is 4.74 Å². The van der Waals surface area contributed by atoms with Crippen LogP contribution in [-0.2, 0) is 16.0 Å². The number of hydrogen-bond donors (Lipinski definition) is 1. The number of hydrogen-bond acceptors (Lipinski definition) is 4. The number of hydroxylamine groups is 1. The van der Waals surface area contributed by atoms with E-state index < -0.39 is 0 Å². The molecule has 1 aromatic carbocycles. The van der Waals surface area contributed by atoms with E-state index in [-0.39, 0.29) is 11.9 Å². The lowest BCUT2D eigenvalue weighted by atomic mass is 9.94. The SMILES string of the molecule is COC(=O)C(C)c1cccc2c1CCN2O. The van der Waals surface area contributed by atoms with Crippen molar-refractivity contribution in [3.05, 3.63) is 29.3 Å². The normalized spacial score (nSPS) is 15.8. The lowest BCUT2D eigenvalue weighted by molar-refractivity contribution is -0.142. The van der Waals surface area contributed by atoms with Gasteiger partial charge in [-0.3, -0.25) is 15.1 Å². The summed E-state index contributed by atoms with van der Waals surface area (Å²) in [5.41, 5.74) is 2.79. The molecule has 86 valence electrons. The second kappa shape index (κ2) is 4.14. The van der Waals surface area contributed by atoms with E-state index in [0.29, 0.717) is 6.54 Å². The molecular formula is C12H15NO3. The molecule has 1 aliphatic heterocycles. The number of rotatable bonds is 2. The molecule has 0 aromatic heterocycles. The summed E-state index contributed by atoms with van der Waals surface area (Å²) < 4.78 is 4.74. The van der Waals surface area contributed by atoms with Crippen LogP contribution in [0.25, 0.3) is 0 Å². The van der Waals surface area contributed by atoms with Crippen LogP contribution in [0.2, 0.25) is 0 Å². The Bertz CT molecular complexity index is 417. The molecular weight excluding hydrogens is 206 g/mol. The molecule has 1 aromatic rings. The first kappa shape index (κ1) is 11.0. The lowest BCUT2D eigenvalue weighted by Crippen LogP contribution is -2.13. The zero-order valence-electron chi connectivity index (χ0n) is 9.43. The first-order valence-electron chi connectivity index (χ1n) is 5.31. The average molecular weight is 221 g/mol. The van der Waals surface area contributed by atoms with Crippen molar-refractivity contribution in [2.45, 2.75) is 19.3 Å². The van der Waals surface area contributed by atoms with Crippen LogP contribution in [0, 0.1) is 0 Å². The first-order chi connectivity index (χ1) is 7.65. The van der Waals surface area contributed by atoms with Gasteiger partial charge in [-0.15, -0.1) is 0 Å². The number of anilines is 1. The van der Waals surface area contributed by atoms with Crippen molar-refractivity contribution in [1.29, 1.82) is 0 Å². The smallest absolute Gasteiger partial charge is 0.312 e. The third-order valence-electron chi connectivity index (χ3n) is 3.06. The number of ether oxygens (including phenoxy) is 1. The Balaban J connectivity index is 2.40. The van der Waals surface area contributed by atoms with Crippen LogP contribution in [0.1, 0.15) is 24.0 Å². The van der Waals surface area contributed by atoms with Gasteiger partial charge in [0.1, 0.15) is 0 Å². The highest BCUT2D eigenvalue weighted by atomic mass is 16.5. The van der Waals surface area contributed by atoms with Crippen LogP contribution in [0.15, 0.2) is 18.2 Å². The van der Waals surface area contributed by atoms with Gasteiger partial charge in [0.2, 0.25) is 0 Å². The summed E-state index contributed by atoms with van der Waals surface area (Å²) in [5, 5.41) is 10.8. The van der Waals surface area contributed by atoms with Crippen molar-refractivity contribution < 1.29 is 14.7 Å². The van der Waals surface area contributed by atoms with Gasteiger partial charge in [-0.2, -0.15) is 0 Å². The minimum absolute atomic E-state index is 0.246. The monoisotopic (exact) mass is 221 g/mol. The molecule has 1 heterocycles. The number of carbonyl (C=O) groups is 1. The zero-order valence-corrected chi connectivity index (χ0v) is 9.43. The molecule has 0 radical (unpaired) electrons. The standard InChI is InChI=1S/C12H15NO3/c1-8(12(14)16-2)9-4-3-5-11-10(9)6-7-13(11)15/h3-5,8,15H,6-7H2,1-2H3. The maximum Gasteiger partial charge on any atom is 0.312 e. The van der Waals surface area contributed by atoms with Crippen molar-refractivity contribution in [3.8, 4) is 0 Å². The van der Waals surface area contributed by atoms with Crippen molar-refractivity contribution >= 4 is 11.7 Å². The predicted octanol–water partition coefficient (Wildman–Crippen LogP) is 1.71. The van der Waals surface area contributed by atoms with Crippen LogP contribution in [0.5, 0.6) is 0 Å². The average Bonchev–Trinajstić information content (AvgIpc) is 2.69. The minimum Gasteiger partial charge on any atom is -0.469 e. The van der Waals surface area contributed by atoms with E-state index in [2.05, 4.69) is 0 Å². The highest BCUT2D eigenvalue weighted by Gasteiger charge is 2.25. The molecule has 1 N–H and O–H groups in total. The summed E-state index contributed by atoms with van der Waals surface area (Å²) in [5.74, 6) is -0.531. The highest BCUT2D eigenvalue weighted by Crippen LogP contribution is 2.33. The molecule has 0 saturated carbocycles. The van der Waals surface area contributed by atoms with Crippen LogP contribution >= 0.6 is 0 Å². The lowest BCUT2D eigenvalue weighted by Gasteiger charge is -2.14. The Morgan fingerprint density at radius 2 is 2.31 bits per heavy atom. The Morgan fingerprint density at radius 1 is 1.56 bits per heavy atom. The summed E-state index contributed by atoms with van der Waals surface area (Å²) in [4.78, 5) is 11.5. The van der Waals surface area contributed by atoms with Gasteiger partial charge in [0, 0.05) is 6.54 Å². The topological polar surface area (TPSA) is 49.8 Å². The summed E-state index contributed by atoms with van der Waals surface area (Å²) in [6, 6.07) is 5.62. The maximum atomic E-state index is 11.5. The molecule has 0 saturated heterocycles. The Labute approximate surface area is 94.4 Å². The van der Waals surface area contributed by atoms with E-state index in [0.717, 1.165) is 23.2 Å². The highest BCUT2D eigenvalue weighted by molar-refractivity contribution is 5.79. The van der Waals surface area contributed by atoms with E-state index in [1.165, 1.54) is 12.2 Å². The van der Waals surface area contributed by atoms with E-state index in [9.17, 15) is 10.0 Å². The molecule has 0 fully saturated rings. The summed E-state index contributed by atoms with van der Waals surface area (Å²) in [7, 11) is 1.39. The third kappa shape index (κ3) is 1.65. The van der Waals surface area contributed by atoms with E-state index >= 15 is 0 Å². The van der Waals surface area contributed by atoms with Crippen LogP contribution in [0.3, 0.4) is 0 Å². The third-order valence-corrected chi connectivity index (χ3v) is 3.06. The van der Waals surface area contributed by atoms with Crippen molar-refractivity contribution in [2.75, 3.05) is 18.7 Å². The molecule has 0 amide bonds. The molecule has 4 nitrogen and oxygen atoms in total. The maximum absolute atomic E-state index is 11.5. The molecule has 16 heavy (non-hydrogen) atoms. The van der Waals surface area contributed by atoms with Gasteiger partial charge in [-0.05, 0) is 30.5 Å². The molecule has 1 atom stereocenters. The molecule has 1 aliphatic rings. The number of methoxy groups -OCH3 is 1. The Kier molecular flexibility index (Phi) is 2.83. The summed E-state index contributed by atoms with van der Waals surface area (Å²) in [6.07, 6.45) is 0.767. The first-order valence-corrected chi connectivity index (χ1v) is 5.31. The van der Waals surface area contributed by atoms with Gasteiger partial charge in [0.25, 0.3) is 0 Å². The molecule has 0 bridgehead atoms. The number of esters is 1. The Hall–Kier alpha value is -1.55. The van der Waals surface area contributed by atoms with Crippen LogP contribution in [-0.4, -0.2) is 24.8 Å². The Morgan fingerprint density at radius 3 is 3.00 bits per heavy atom. The van der Waals surface area contributed by atoms with Crippen molar-refractivity contribution in [3.63, 3.8) is 0 Å². The quantitative estimate of drug-likeness (QED) is 0.772. The molecule has 0 aliphatic carbocycles. The van der Waals surface area contributed by atoms with Crippen LogP contribution < -0.4 is 5.06 Å². The van der Waals surface area contributed by atoms with Crippen molar-refractivity contribution in [2.24, 2.45) is 0 Å². The predicted molar refractivity (Wildman–Crippen MR) is 59.7 cm³/mol. The van der Waals surface area contributed by atoms with Gasteiger partial charge in [-0.25, -0.2) is 0 Å². The van der Waals surface area contributed by atoms with Gasteiger partial charge in [0.15, 0.2) is 0 Å². The molecule has 4 heteroatoms. The summed E-state index contributed by atoms with van der Waals surface area (Å²) >= 11 is 0. The number of benzene rings is 1. The van der Waals surface area contributed by atoms with E-state index in [1.807, 2.05) is 25.1 Å². The van der Waals surface area contributed by atoms with Crippen LogP contribution in [0.4, 0.5) is 5.69 Å². The van der Waals surface area contributed by atoms with E-state index in [1.54, 1.807) is 0 Å². The number of nitrogens with zero attached hydrogens (tertiary/aromatic N) is 1. The fourth-order valence-electron chi connectivity index (χ4n) is 2.15. The second-order valence-corrected chi connectivity index (χ2v) is 3.96. The minimum atomic E-state index is -0.286. The van der Waals surface area contributed by atoms with Gasteiger partial charge in [0.05, 0.1) is 18.7 Å². The van der Waals surface area contributed by atoms with E-state index in [4.69, 9.17) is 4.74 Å². The fourth-order valence-corrected chi connectivity index (χ4v) is 2.15. The molecule has 2 rings (SSSR count). The number of carbonyl (C=O) groups excluding carboxylic acids is 1. The summed E-state index contributed by atoms with van der Waals surface area (Å²) in [6.45, 7) is 2.40. The van der Waals surface area contributed by atoms with Gasteiger partial charge >= 0.3 is 5.97 Å². The van der Waals surface area contributed by atoms with Gasteiger partial charge in [-0.1, -0.05) is 12.1 Å². The second-order valence-electron chi connectivity index (χ2n) is 3.96. The number of fused-ring (bicyclic) bond motifs is 1. The molecule has 1 unspecified atom stereocenters.